The molecule has 0 unspecified atom stereocenters. The summed E-state index contributed by atoms with van der Waals surface area (Å²) < 4.78 is 0.801. The lowest BCUT2D eigenvalue weighted by molar-refractivity contribution is -0.118. The lowest BCUT2D eigenvalue weighted by atomic mass is 10.0. The molecule has 134 valence electrons. The number of nitrogens with one attached hydrogen (secondary N) is 1. The van der Waals surface area contributed by atoms with Crippen LogP contribution < -0.4 is 10.3 Å². The van der Waals surface area contributed by atoms with Crippen LogP contribution in [0.3, 0.4) is 0 Å². The van der Waals surface area contributed by atoms with Crippen LogP contribution in [0.25, 0.3) is 0 Å². The maximum absolute atomic E-state index is 12.7. The molecule has 6 nitrogen and oxygen atoms in total. The molecule has 0 bridgehead atoms. The van der Waals surface area contributed by atoms with E-state index in [1.807, 2.05) is 30.3 Å². The van der Waals surface area contributed by atoms with E-state index in [0.717, 1.165) is 4.47 Å². The highest BCUT2D eigenvalue weighted by molar-refractivity contribution is 9.10. The van der Waals surface area contributed by atoms with Crippen LogP contribution in [0.15, 0.2) is 75.8 Å². The fraction of sp³-hybridized carbons (Fsp3) is 0.100. The van der Waals surface area contributed by atoms with Gasteiger partial charge in [0.25, 0.3) is 11.8 Å². The molecule has 1 atom stereocenters. The molecule has 0 saturated carbocycles. The number of amides is 2. The van der Waals surface area contributed by atoms with Crippen LogP contribution in [-0.4, -0.2) is 17.5 Å². The first-order chi connectivity index (χ1) is 13.0. The normalized spacial score (nSPS) is 16.7. The largest absolute Gasteiger partial charge is 0.321 e. The Hall–Kier alpha value is -3.24. The summed E-state index contributed by atoms with van der Waals surface area (Å²) in [5.74, 6) is -1.64. The van der Waals surface area contributed by atoms with Crippen molar-refractivity contribution >= 4 is 44.8 Å². The van der Waals surface area contributed by atoms with Crippen LogP contribution in [0, 0.1) is 17.2 Å². The van der Waals surface area contributed by atoms with Crippen LogP contribution >= 0.6 is 15.9 Å². The summed E-state index contributed by atoms with van der Waals surface area (Å²) in [5, 5.41) is 17.6. The Bertz CT molecular complexity index is 993. The average Bonchev–Trinajstić information content (AvgIpc) is 2.94. The highest BCUT2D eigenvalue weighted by Gasteiger charge is 2.33. The fourth-order valence-corrected chi connectivity index (χ4v) is 3.02. The van der Waals surface area contributed by atoms with Gasteiger partial charge in [-0.15, -0.1) is 0 Å². The van der Waals surface area contributed by atoms with Crippen LogP contribution in [0.5, 0.6) is 0 Å². The second kappa shape index (κ2) is 7.98. The molecule has 1 heterocycles. The summed E-state index contributed by atoms with van der Waals surface area (Å²) in [6.07, 6.45) is 1.36. The topological polar surface area (TPSA) is 85.6 Å². The van der Waals surface area contributed by atoms with Crippen molar-refractivity contribution < 1.29 is 9.59 Å². The van der Waals surface area contributed by atoms with Gasteiger partial charge in [-0.2, -0.15) is 15.4 Å². The van der Waals surface area contributed by atoms with Crippen molar-refractivity contribution in [3.05, 3.63) is 70.7 Å². The van der Waals surface area contributed by atoms with E-state index in [2.05, 4.69) is 26.3 Å². The molecule has 27 heavy (non-hydrogen) atoms. The first-order valence-electron chi connectivity index (χ1n) is 8.12. The number of halogens is 1. The van der Waals surface area contributed by atoms with Crippen LogP contribution in [0.4, 0.5) is 11.4 Å². The number of anilines is 2. The first-order valence-corrected chi connectivity index (χ1v) is 8.92. The van der Waals surface area contributed by atoms with Crippen molar-refractivity contribution in [2.45, 2.75) is 6.92 Å². The minimum absolute atomic E-state index is 0.141. The lowest BCUT2D eigenvalue weighted by Crippen LogP contribution is -2.27. The SMILES string of the molecule is CC1=NN(c2ccccc2)C(=O)[C@@H]1/C=C(/C#N)C(=O)Nc1cccc(Br)c1. The minimum Gasteiger partial charge on any atom is -0.321 e. The van der Waals surface area contributed by atoms with E-state index in [-0.39, 0.29) is 11.5 Å². The highest BCUT2D eigenvalue weighted by atomic mass is 79.9. The van der Waals surface area contributed by atoms with Gasteiger partial charge >= 0.3 is 0 Å². The van der Waals surface area contributed by atoms with E-state index >= 15 is 0 Å². The zero-order valence-electron chi connectivity index (χ0n) is 14.4. The molecule has 0 saturated heterocycles. The summed E-state index contributed by atoms with van der Waals surface area (Å²) in [5.41, 5.74) is 1.56. The first kappa shape index (κ1) is 18.5. The van der Waals surface area contributed by atoms with E-state index in [1.54, 1.807) is 37.3 Å². The van der Waals surface area contributed by atoms with Gasteiger partial charge in [-0.05, 0) is 43.3 Å². The molecule has 0 radical (unpaired) electrons. The highest BCUT2D eigenvalue weighted by Crippen LogP contribution is 2.25. The Morgan fingerprint density at radius 1 is 1.26 bits per heavy atom. The Balaban J connectivity index is 1.81. The number of benzene rings is 2. The summed E-state index contributed by atoms with van der Waals surface area (Å²) >= 11 is 3.32. The molecule has 1 aliphatic heterocycles. The third-order valence-corrected chi connectivity index (χ3v) is 4.46. The molecule has 0 spiro atoms. The number of nitrogens with zero attached hydrogens (tertiary/aromatic N) is 3. The standard InChI is InChI=1S/C20H15BrN4O2/c1-13-18(20(27)25(24-13)17-8-3-2-4-9-17)10-14(12-22)19(26)23-16-7-5-6-15(21)11-16/h2-11,18H,1H3,(H,23,26)/b14-10-/t18-/m1/s1. The van der Waals surface area contributed by atoms with Gasteiger partial charge in [-0.3, -0.25) is 9.59 Å². The Labute approximate surface area is 164 Å². The van der Waals surface area contributed by atoms with E-state index in [1.165, 1.54) is 11.1 Å². The monoisotopic (exact) mass is 422 g/mol. The van der Waals surface area contributed by atoms with Gasteiger partial charge < -0.3 is 5.32 Å². The van der Waals surface area contributed by atoms with Gasteiger partial charge in [0.2, 0.25) is 0 Å². The molecular formula is C20H15BrN4O2. The van der Waals surface area contributed by atoms with Crippen LogP contribution in [0.1, 0.15) is 6.92 Å². The zero-order chi connectivity index (χ0) is 19.4. The zero-order valence-corrected chi connectivity index (χ0v) is 16.0. The van der Waals surface area contributed by atoms with Crippen LogP contribution in [-0.2, 0) is 9.59 Å². The van der Waals surface area contributed by atoms with E-state index in [9.17, 15) is 14.9 Å². The number of carbonyl (C=O) groups excluding carboxylic acids is 2. The summed E-state index contributed by atoms with van der Waals surface area (Å²) in [4.78, 5) is 25.1. The third kappa shape index (κ3) is 4.13. The van der Waals surface area contributed by atoms with Gasteiger partial charge in [-0.25, -0.2) is 0 Å². The molecule has 2 amide bonds. The van der Waals surface area contributed by atoms with Crippen LogP contribution in [0.2, 0.25) is 0 Å². The van der Waals surface area contributed by atoms with Gasteiger partial charge in [0, 0.05) is 10.2 Å². The summed E-state index contributed by atoms with van der Waals surface area (Å²) in [6.45, 7) is 1.70. The molecule has 7 heteroatoms. The molecule has 1 N–H and O–H groups in total. The predicted octanol–water partition coefficient (Wildman–Crippen LogP) is 3.88. The number of nitriles is 1. The smallest absolute Gasteiger partial charge is 0.266 e. The van der Waals surface area contributed by atoms with Crippen molar-refractivity contribution in [1.29, 1.82) is 5.26 Å². The van der Waals surface area contributed by atoms with Crippen molar-refractivity contribution in [3.8, 4) is 6.07 Å². The fourth-order valence-electron chi connectivity index (χ4n) is 2.62. The second-order valence-electron chi connectivity index (χ2n) is 5.86. The van der Waals surface area contributed by atoms with Gasteiger partial charge in [-0.1, -0.05) is 40.2 Å². The van der Waals surface area contributed by atoms with E-state index in [0.29, 0.717) is 17.1 Å². The summed E-state index contributed by atoms with van der Waals surface area (Å²) in [7, 11) is 0. The number of hydrogen-bond acceptors (Lipinski definition) is 4. The maximum atomic E-state index is 12.7. The van der Waals surface area contributed by atoms with E-state index < -0.39 is 11.8 Å². The van der Waals surface area contributed by atoms with Gasteiger partial charge in [0.05, 0.1) is 17.3 Å². The Morgan fingerprint density at radius 2 is 2.00 bits per heavy atom. The number of para-hydroxylation sites is 1. The van der Waals surface area contributed by atoms with Crippen molar-refractivity contribution in [2.24, 2.45) is 11.0 Å². The molecule has 0 aromatic heterocycles. The number of hydrogen-bond donors (Lipinski definition) is 1. The van der Waals surface area contributed by atoms with Crippen molar-refractivity contribution in [2.75, 3.05) is 10.3 Å². The minimum atomic E-state index is -0.756. The lowest BCUT2D eigenvalue weighted by Gasteiger charge is -2.12. The molecule has 0 aliphatic carbocycles. The summed E-state index contributed by atoms with van der Waals surface area (Å²) in [6, 6.07) is 17.9. The van der Waals surface area contributed by atoms with E-state index in [4.69, 9.17) is 0 Å². The number of rotatable bonds is 4. The van der Waals surface area contributed by atoms with Gasteiger partial charge in [0.1, 0.15) is 11.6 Å². The van der Waals surface area contributed by atoms with Gasteiger partial charge in [0.15, 0.2) is 0 Å². The second-order valence-corrected chi connectivity index (χ2v) is 6.78. The number of hydrazone groups is 1. The Kier molecular flexibility index (Phi) is 5.48. The molecular weight excluding hydrogens is 408 g/mol. The van der Waals surface area contributed by atoms with Crippen molar-refractivity contribution in [3.63, 3.8) is 0 Å². The molecule has 3 rings (SSSR count). The molecule has 1 aliphatic rings. The predicted molar refractivity (Wildman–Crippen MR) is 107 cm³/mol. The average molecular weight is 423 g/mol. The quantitative estimate of drug-likeness (QED) is 0.598. The third-order valence-electron chi connectivity index (χ3n) is 3.96. The molecule has 2 aromatic carbocycles. The van der Waals surface area contributed by atoms with Crippen molar-refractivity contribution in [1.82, 2.24) is 0 Å². The number of carbonyl (C=O) groups is 2. The Morgan fingerprint density at radius 3 is 2.67 bits per heavy atom. The maximum Gasteiger partial charge on any atom is 0.266 e. The molecule has 0 fully saturated rings. The molecule has 2 aromatic rings.